The number of hydrogen-bond acceptors (Lipinski definition) is 3. The van der Waals surface area contributed by atoms with Crippen LogP contribution < -0.4 is 16.0 Å². The largest absolute Gasteiger partial charge is 0.358 e. The van der Waals surface area contributed by atoms with Crippen LogP contribution in [-0.2, 0) is 9.59 Å². The Balaban J connectivity index is 0.00000112. The van der Waals surface area contributed by atoms with E-state index in [1.807, 2.05) is 0 Å². The van der Waals surface area contributed by atoms with Gasteiger partial charge in [0.15, 0.2) is 0 Å². The molecule has 5 nitrogen and oxygen atoms in total. The van der Waals surface area contributed by atoms with Crippen LogP contribution >= 0.6 is 12.4 Å². The highest BCUT2D eigenvalue weighted by Crippen LogP contribution is 2.46. The van der Waals surface area contributed by atoms with Crippen LogP contribution in [0.1, 0.15) is 12.8 Å². The van der Waals surface area contributed by atoms with Crippen LogP contribution in [0, 0.1) is 5.41 Å². The number of halogens is 1. The number of carbonyl (C=O) groups excluding carboxylic acids is 2. The minimum Gasteiger partial charge on any atom is -0.358 e. The standard InChI is InChI=1S/C9H15N3O2.ClH/c1-10-7(13)9(2-3-9)8(14)12-6-4-11-5-6;/h6,11H,2-5H2,1H3,(H,10,13)(H,12,14);1H. The van der Waals surface area contributed by atoms with Gasteiger partial charge in [-0.05, 0) is 12.8 Å². The van der Waals surface area contributed by atoms with Crippen molar-refractivity contribution in [2.24, 2.45) is 5.41 Å². The lowest BCUT2D eigenvalue weighted by Gasteiger charge is -2.29. The van der Waals surface area contributed by atoms with Crippen molar-refractivity contribution in [3.63, 3.8) is 0 Å². The van der Waals surface area contributed by atoms with Gasteiger partial charge in [0.1, 0.15) is 5.41 Å². The summed E-state index contributed by atoms with van der Waals surface area (Å²) in [5.74, 6) is -0.259. The summed E-state index contributed by atoms with van der Waals surface area (Å²) >= 11 is 0. The summed E-state index contributed by atoms with van der Waals surface area (Å²) in [6.07, 6.45) is 1.36. The Hall–Kier alpha value is -0.810. The number of amides is 2. The lowest BCUT2D eigenvalue weighted by atomic mass is 10.0. The van der Waals surface area contributed by atoms with Crippen LogP contribution in [0.5, 0.6) is 0 Å². The number of nitrogens with one attached hydrogen (secondary N) is 3. The Morgan fingerprint density at radius 2 is 1.87 bits per heavy atom. The van der Waals surface area contributed by atoms with Gasteiger partial charge in [0, 0.05) is 20.1 Å². The van der Waals surface area contributed by atoms with Crippen molar-refractivity contribution in [1.82, 2.24) is 16.0 Å². The number of rotatable bonds is 3. The summed E-state index contributed by atoms with van der Waals surface area (Å²) in [6, 6.07) is 0.213. The van der Waals surface area contributed by atoms with E-state index in [1.54, 1.807) is 7.05 Å². The van der Waals surface area contributed by atoms with Crippen LogP contribution in [0.15, 0.2) is 0 Å². The lowest BCUT2D eigenvalue weighted by Crippen LogP contribution is -2.59. The first-order chi connectivity index (χ1) is 6.69. The highest BCUT2D eigenvalue weighted by atomic mass is 35.5. The fourth-order valence-electron chi connectivity index (χ4n) is 1.64. The summed E-state index contributed by atoms with van der Waals surface area (Å²) in [5.41, 5.74) is -0.746. The molecule has 1 saturated heterocycles. The molecule has 86 valence electrons. The minimum absolute atomic E-state index is 0. The van der Waals surface area contributed by atoms with Gasteiger partial charge in [-0.1, -0.05) is 0 Å². The molecule has 2 aliphatic rings. The van der Waals surface area contributed by atoms with Crippen LogP contribution in [0.4, 0.5) is 0 Å². The van der Waals surface area contributed by atoms with Crippen LogP contribution in [-0.4, -0.2) is 38.0 Å². The second kappa shape index (κ2) is 4.37. The molecule has 2 fully saturated rings. The highest BCUT2D eigenvalue weighted by molar-refractivity contribution is 6.07. The summed E-state index contributed by atoms with van der Waals surface area (Å²) in [5, 5.41) is 8.48. The summed E-state index contributed by atoms with van der Waals surface area (Å²) in [6.45, 7) is 1.63. The summed E-state index contributed by atoms with van der Waals surface area (Å²) in [4.78, 5) is 23.2. The van der Waals surface area contributed by atoms with Gasteiger partial charge in [-0.3, -0.25) is 9.59 Å². The zero-order valence-corrected chi connectivity index (χ0v) is 9.45. The van der Waals surface area contributed by atoms with Crippen molar-refractivity contribution in [2.45, 2.75) is 18.9 Å². The molecular weight excluding hydrogens is 218 g/mol. The van der Waals surface area contributed by atoms with E-state index in [0.717, 1.165) is 13.1 Å². The molecule has 1 saturated carbocycles. The molecular formula is C9H16ClN3O2. The van der Waals surface area contributed by atoms with E-state index in [4.69, 9.17) is 0 Å². The third-order valence-electron chi connectivity index (χ3n) is 2.96. The van der Waals surface area contributed by atoms with Gasteiger partial charge in [0.2, 0.25) is 11.8 Å². The van der Waals surface area contributed by atoms with Crippen LogP contribution in [0.3, 0.4) is 0 Å². The first-order valence-corrected chi connectivity index (χ1v) is 4.93. The maximum atomic E-state index is 11.7. The van der Waals surface area contributed by atoms with Gasteiger partial charge in [-0.2, -0.15) is 0 Å². The second-order valence-corrected chi connectivity index (χ2v) is 3.99. The maximum absolute atomic E-state index is 11.7. The Morgan fingerprint density at radius 1 is 1.27 bits per heavy atom. The SMILES string of the molecule is CNC(=O)C1(C(=O)NC2CNC2)CC1.Cl. The van der Waals surface area contributed by atoms with E-state index in [2.05, 4.69) is 16.0 Å². The fraction of sp³-hybridized carbons (Fsp3) is 0.778. The lowest BCUT2D eigenvalue weighted by molar-refractivity contribution is -0.137. The van der Waals surface area contributed by atoms with Gasteiger partial charge in [-0.15, -0.1) is 12.4 Å². The van der Waals surface area contributed by atoms with Crippen molar-refractivity contribution in [1.29, 1.82) is 0 Å². The van der Waals surface area contributed by atoms with Gasteiger partial charge in [0.05, 0.1) is 6.04 Å². The Morgan fingerprint density at radius 3 is 2.20 bits per heavy atom. The molecule has 1 aliphatic heterocycles. The van der Waals surface area contributed by atoms with Gasteiger partial charge in [0.25, 0.3) is 0 Å². The predicted octanol–water partition coefficient (Wildman–Crippen LogP) is -0.978. The molecule has 0 aromatic heterocycles. The topological polar surface area (TPSA) is 70.2 Å². The first-order valence-electron chi connectivity index (χ1n) is 4.93. The maximum Gasteiger partial charge on any atom is 0.236 e. The first kappa shape index (κ1) is 12.3. The smallest absolute Gasteiger partial charge is 0.236 e. The molecule has 0 radical (unpaired) electrons. The third-order valence-corrected chi connectivity index (χ3v) is 2.96. The quantitative estimate of drug-likeness (QED) is 0.549. The molecule has 0 aromatic rings. The van der Waals surface area contributed by atoms with E-state index < -0.39 is 5.41 Å². The van der Waals surface area contributed by atoms with E-state index in [9.17, 15) is 9.59 Å². The zero-order valence-electron chi connectivity index (χ0n) is 8.63. The zero-order chi connectivity index (χ0) is 10.2. The molecule has 0 atom stereocenters. The molecule has 1 heterocycles. The van der Waals surface area contributed by atoms with Crippen molar-refractivity contribution in [3.05, 3.63) is 0 Å². The van der Waals surface area contributed by atoms with Crippen molar-refractivity contribution < 1.29 is 9.59 Å². The van der Waals surface area contributed by atoms with E-state index in [0.29, 0.717) is 12.8 Å². The van der Waals surface area contributed by atoms with Gasteiger partial charge < -0.3 is 16.0 Å². The van der Waals surface area contributed by atoms with Crippen molar-refractivity contribution in [3.8, 4) is 0 Å². The van der Waals surface area contributed by atoms with E-state index >= 15 is 0 Å². The van der Waals surface area contributed by atoms with Gasteiger partial charge >= 0.3 is 0 Å². The monoisotopic (exact) mass is 233 g/mol. The normalized spacial score (nSPS) is 21.9. The van der Waals surface area contributed by atoms with E-state index in [1.165, 1.54) is 0 Å². The van der Waals surface area contributed by atoms with Crippen molar-refractivity contribution in [2.75, 3.05) is 20.1 Å². The Labute approximate surface area is 94.8 Å². The summed E-state index contributed by atoms with van der Waals surface area (Å²) in [7, 11) is 1.57. The number of carbonyl (C=O) groups is 2. The molecule has 15 heavy (non-hydrogen) atoms. The molecule has 6 heteroatoms. The minimum atomic E-state index is -0.746. The predicted molar refractivity (Wildman–Crippen MR) is 57.8 cm³/mol. The highest BCUT2D eigenvalue weighted by Gasteiger charge is 2.56. The Kier molecular flexibility index (Phi) is 3.57. The fourth-order valence-corrected chi connectivity index (χ4v) is 1.64. The second-order valence-electron chi connectivity index (χ2n) is 3.99. The molecule has 2 rings (SSSR count). The van der Waals surface area contributed by atoms with E-state index in [-0.39, 0.29) is 30.3 Å². The molecule has 3 N–H and O–H groups in total. The van der Waals surface area contributed by atoms with Crippen LogP contribution in [0.25, 0.3) is 0 Å². The Bertz CT molecular complexity index is 275. The summed E-state index contributed by atoms with van der Waals surface area (Å²) < 4.78 is 0. The molecule has 0 aromatic carbocycles. The average molecular weight is 234 g/mol. The molecule has 0 bridgehead atoms. The average Bonchev–Trinajstić information content (AvgIpc) is 2.90. The van der Waals surface area contributed by atoms with Crippen LogP contribution in [0.2, 0.25) is 0 Å². The van der Waals surface area contributed by atoms with Gasteiger partial charge in [-0.25, -0.2) is 0 Å². The molecule has 1 aliphatic carbocycles. The third kappa shape index (κ3) is 2.08. The molecule has 0 spiro atoms. The molecule has 2 amide bonds. The molecule has 0 unspecified atom stereocenters. The number of hydrogen-bond donors (Lipinski definition) is 3. The van der Waals surface area contributed by atoms with Crippen molar-refractivity contribution >= 4 is 24.2 Å².